The van der Waals surface area contributed by atoms with Crippen molar-refractivity contribution in [2.24, 2.45) is 5.73 Å². The van der Waals surface area contributed by atoms with E-state index in [-0.39, 0.29) is 6.04 Å². The summed E-state index contributed by atoms with van der Waals surface area (Å²) in [5.41, 5.74) is 7.10. The molecule has 0 radical (unpaired) electrons. The third-order valence-corrected chi connectivity index (χ3v) is 3.89. The molecule has 1 rings (SSSR count). The Hall–Kier alpha value is -0.100. The average Bonchev–Trinajstić information content (AvgIpc) is 2.75. The second-order valence-corrected chi connectivity index (χ2v) is 5.58. The summed E-state index contributed by atoms with van der Waals surface area (Å²) in [6, 6.07) is 0.0971. The van der Waals surface area contributed by atoms with Crippen LogP contribution in [-0.2, 0) is 11.2 Å². The lowest BCUT2D eigenvalue weighted by Gasteiger charge is -2.06. The van der Waals surface area contributed by atoms with Gasteiger partial charge in [0.2, 0.25) is 0 Å². The molecule has 1 atom stereocenters. The van der Waals surface area contributed by atoms with Gasteiger partial charge in [0, 0.05) is 31.6 Å². The Labute approximate surface area is 106 Å². The molecule has 0 aliphatic heterocycles. The van der Waals surface area contributed by atoms with Crippen molar-refractivity contribution in [1.82, 2.24) is 4.98 Å². The van der Waals surface area contributed by atoms with Crippen molar-refractivity contribution in [2.75, 3.05) is 25.7 Å². The first kappa shape index (κ1) is 14.0. The third kappa shape index (κ3) is 4.82. The van der Waals surface area contributed by atoms with Crippen LogP contribution in [-0.4, -0.2) is 30.7 Å². The molecule has 5 heteroatoms. The molecule has 1 aromatic rings. The second-order valence-electron chi connectivity index (χ2n) is 3.65. The Bertz CT molecular complexity index is 291. The van der Waals surface area contributed by atoms with Crippen molar-refractivity contribution < 1.29 is 4.74 Å². The molecule has 0 saturated heterocycles. The predicted molar refractivity (Wildman–Crippen MR) is 72.2 cm³/mol. The largest absolute Gasteiger partial charge is 0.385 e. The Morgan fingerprint density at radius 1 is 1.62 bits per heavy atom. The fourth-order valence-electron chi connectivity index (χ4n) is 1.37. The van der Waals surface area contributed by atoms with Gasteiger partial charge >= 0.3 is 0 Å². The van der Waals surface area contributed by atoms with Gasteiger partial charge in [-0.15, -0.1) is 11.3 Å². The van der Waals surface area contributed by atoms with Gasteiger partial charge in [-0.2, -0.15) is 11.8 Å². The molecule has 1 unspecified atom stereocenters. The van der Waals surface area contributed by atoms with E-state index < -0.39 is 0 Å². The van der Waals surface area contributed by atoms with E-state index in [0.717, 1.165) is 37.3 Å². The van der Waals surface area contributed by atoms with Crippen LogP contribution in [0, 0.1) is 0 Å². The number of nitrogens with two attached hydrogens (primary N) is 1. The Morgan fingerprint density at radius 3 is 3.12 bits per heavy atom. The van der Waals surface area contributed by atoms with Crippen molar-refractivity contribution >= 4 is 23.1 Å². The highest BCUT2D eigenvalue weighted by Crippen LogP contribution is 2.19. The van der Waals surface area contributed by atoms with Crippen LogP contribution < -0.4 is 5.73 Å². The maximum absolute atomic E-state index is 6.06. The minimum absolute atomic E-state index is 0.0971. The lowest BCUT2D eigenvalue weighted by Crippen LogP contribution is -2.11. The molecule has 92 valence electrons. The summed E-state index contributed by atoms with van der Waals surface area (Å²) in [7, 11) is 1.73. The predicted octanol–water partition coefficient (Wildman–Crippen LogP) is 2.48. The number of thiazole rings is 1. The normalized spacial score (nSPS) is 12.9. The highest BCUT2D eigenvalue weighted by molar-refractivity contribution is 7.98. The van der Waals surface area contributed by atoms with Crippen LogP contribution in [0.2, 0.25) is 0 Å². The SMILES string of the molecule is COCCCc1nc(C(N)CCSC)cs1. The summed E-state index contributed by atoms with van der Waals surface area (Å²) in [5, 5.41) is 3.26. The van der Waals surface area contributed by atoms with Gasteiger partial charge in [-0.1, -0.05) is 0 Å². The monoisotopic (exact) mass is 260 g/mol. The van der Waals surface area contributed by atoms with E-state index in [1.165, 1.54) is 5.01 Å². The van der Waals surface area contributed by atoms with Crippen LogP contribution in [0.3, 0.4) is 0 Å². The molecule has 0 bridgehead atoms. The maximum Gasteiger partial charge on any atom is 0.0929 e. The fraction of sp³-hybridized carbons (Fsp3) is 0.727. The zero-order valence-corrected chi connectivity index (χ0v) is 11.6. The van der Waals surface area contributed by atoms with Crippen LogP contribution in [0.4, 0.5) is 0 Å². The first-order valence-corrected chi connectivity index (χ1v) is 7.73. The van der Waals surface area contributed by atoms with Crippen LogP contribution in [0.1, 0.15) is 29.6 Å². The summed E-state index contributed by atoms with van der Waals surface area (Å²) in [6.45, 7) is 0.799. The molecule has 0 aromatic carbocycles. The minimum atomic E-state index is 0.0971. The molecular formula is C11H20N2OS2. The highest BCUT2D eigenvalue weighted by Gasteiger charge is 2.09. The Morgan fingerprint density at radius 2 is 2.44 bits per heavy atom. The molecule has 2 N–H and O–H groups in total. The zero-order valence-electron chi connectivity index (χ0n) is 9.94. The molecule has 16 heavy (non-hydrogen) atoms. The Balaban J connectivity index is 2.37. The standard InChI is InChI=1S/C11H20N2OS2/c1-14-6-3-4-11-13-10(8-16-11)9(12)5-7-15-2/h8-9H,3-7,12H2,1-2H3. The molecule has 3 nitrogen and oxygen atoms in total. The topological polar surface area (TPSA) is 48.1 Å². The van der Waals surface area contributed by atoms with Crippen LogP contribution >= 0.6 is 23.1 Å². The molecule has 0 aliphatic rings. The maximum atomic E-state index is 6.06. The average molecular weight is 260 g/mol. The van der Waals surface area contributed by atoms with Crippen molar-refractivity contribution in [1.29, 1.82) is 0 Å². The quantitative estimate of drug-likeness (QED) is 0.730. The van der Waals surface area contributed by atoms with Crippen LogP contribution in [0.5, 0.6) is 0 Å². The summed E-state index contributed by atoms with van der Waals surface area (Å²) >= 11 is 3.54. The first-order valence-electron chi connectivity index (χ1n) is 5.45. The molecule has 0 saturated carbocycles. The molecule has 0 fully saturated rings. The van der Waals surface area contributed by atoms with Crippen LogP contribution in [0.25, 0.3) is 0 Å². The summed E-state index contributed by atoms with van der Waals surface area (Å²) in [5.74, 6) is 1.09. The van der Waals surface area contributed by atoms with E-state index in [0.29, 0.717) is 0 Å². The molecular weight excluding hydrogens is 240 g/mol. The lowest BCUT2D eigenvalue weighted by atomic mass is 10.2. The fourth-order valence-corrected chi connectivity index (χ4v) is 2.76. The van der Waals surface area contributed by atoms with Crippen molar-refractivity contribution in [2.45, 2.75) is 25.3 Å². The van der Waals surface area contributed by atoms with E-state index in [1.54, 1.807) is 18.4 Å². The van der Waals surface area contributed by atoms with Gasteiger partial charge in [0.05, 0.1) is 10.7 Å². The van der Waals surface area contributed by atoms with Crippen molar-refractivity contribution in [3.63, 3.8) is 0 Å². The van der Waals surface area contributed by atoms with Gasteiger partial charge in [-0.3, -0.25) is 0 Å². The van der Waals surface area contributed by atoms with E-state index in [4.69, 9.17) is 10.5 Å². The number of aryl methyl sites for hydroxylation is 1. The van der Waals surface area contributed by atoms with E-state index >= 15 is 0 Å². The third-order valence-electron chi connectivity index (χ3n) is 2.32. The number of nitrogens with zero attached hydrogens (tertiary/aromatic N) is 1. The minimum Gasteiger partial charge on any atom is -0.385 e. The van der Waals surface area contributed by atoms with Gasteiger partial charge in [-0.25, -0.2) is 4.98 Å². The summed E-state index contributed by atoms with van der Waals surface area (Å²) < 4.78 is 5.02. The van der Waals surface area contributed by atoms with Gasteiger partial charge in [-0.05, 0) is 24.9 Å². The Kier molecular flexibility index (Phi) is 7.03. The summed E-state index contributed by atoms with van der Waals surface area (Å²) in [4.78, 5) is 4.56. The number of hydrogen-bond donors (Lipinski definition) is 1. The first-order chi connectivity index (χ1) is 7.77. The molecule has 0 amide bonds. The molecule has 0 spiro atoms. The van der Waals surface area contributed by atoms with Crippen molar-refractivity contribution in [3.05, 3.63) is 16.1 Å². The van der Waals surface area contributed by atoms with Gasteiger partial charge in [0.1, 0.15) is 0 Å². The second kappa shape index (κ2) is 8.06. The number of hydrogen-bond acceptors (Lipinski definition) is 5. The molecule has 0 aliphatic carbocycles. The van der Waals surface area contributed by atoms with Gasteiger partial charge < -0.3 is 10.5 Å². The van der Waals surface area contributed by atoms with E-state index in [9.17, 15) is 0 Å². The van der Waals surface area contributed by atoms with Gasteiger partial charge in [0.15, 0.2) is 0 Å². The lowest BCUT2D eigenvalue weighted by molar-refractivity contribution is 0.195. The highest BCUT2D eigenvalue weighted by atomic mass is 32.2. The molecule has 1 heterocycles. The van der Waals surface area contributed by atoms with Gasteiger partial charge in [0.25, 0.3) is 0 Å². The number of ether oxygens (including phenoxy) is 1. The smallest absolute Gasteiger partial charge is 0.0929 e. The van der Waals surface area contributed by atoms with E-state index in [2.05, 4.69) is 16.6 Å². The number of aromatic nitrogens is 1. The number of methoxy groups -OCH3 is 1. The van der Waals surface area contributed by atoms with Crippen LogP contribution in [0.15, 0.2) is 5.38 Å². The number of thioether (sulfide) groups is 1. The number of rotatable bonds is 8. The zero-order chi connectivity index (χ0) is 11.8. The van der Waals surface area contributed by atoms with E-state index in [1.807, 2.05) is 11.8 Å². The molecule has 1 aromatic heterocycles. The summed E-state index contributed by atoms with van der Waals surface area (Å²) in [6.07, 6.45) is 5.13. The van der Waals surface area contributed by atoms with Crippen molar-refractivity contribution in [3.8, 4) is 0 Å².